The summed E-state index contributed by atoms with van der Waals surface area (Å²) in [5.74, 6) is 1.12. The van der Waals surface area contributed by atoms with E-state index >= 15 is 0 Å². The standard InChI is InChI=1S/C22H26N6O3/c1-23-20-11-14(26-18-3-2-8-24-22(18)31-16-6-7-16)10-19-17(12-25-28(19)20)21(30)27-13-4-5-15(29)9-13/h2-3,8,10-13,15-16,23,26,29H,4-7,9H2,1H3,(H,27,30)/t13?,15-/m0/s1. The van der Waals surface area contributed by atoms with Crippen molar-refractivity contribution in [1.82, 2.24) is 19.9 Å². The molecule has 0 radical (unpaired) electrons. The van der Waals surface area contributed by atoms with Crippen LogP contribution in [0.3, 0.4) is 0 Å². The van der Waals surface area contributed by atoms with Crippen molar-refractivity contribution in [2.75, 3.05) is 17.7 Å². The highest BCUT2D eigenvalue weighted by molar-refractivity contribution is 6.01. The van der Waals surface area contributed by atoms with Gasteiger partial charge in [0.05, 0.1) is 23.4 Å². The van der Waals surface area contributed by atoms with E-state index in [1.165, 1.54) is 0 Å². The maximum absolute atomic E-state index is 12.9. The van der Waals surface area contributed by atoms with Gasteiger partial charge in [0, 0.05) is 31.0 Å². The van der Waals surface area contributed by atoms with Gasteiger partial charge < -0.3 is 25.8 Å². The van der Waals surface area contributed by atoms with Crippen LogP contribution in [-0.2, 0) is 0 Å². The third-order valence-electron chi connectivity index (χ3n) is 5.71. The normalized spacial score (nSPS) is 20.6. The zero-order chi connectivity index (χ0) is 21.4. The minimum absolute atomic E-state index is 0.0138. The molecule has 2 saturated carbocycles. The van der Waals surface area contributed by atoms with Crippen LogP contribution in [0, 0.1) is 0 Å². The number of pyridine rings is 2. The Hall–Kier alpha value is -3.33. The Morgan fingerprint density at radius 1 is 1.26 bits per heavy atom. The fraction of sp³-hybridized carbons (Fsp3) is 0.409. The van der Waals surface area contributed by atoms with Crippen molar-refractivity contribution < 1.29 is 14.6 Å². The molecule has 3 aromatic rings. The molecule has 1 amide bonds. The third kappa shape index (κ3) is 4.13. The molecule has 0 saturated heterocycles. The number of aliphatic hydroxyl groups is 1. The molecule has 3 heterocycles. The Balaban J connectivity index is 1.44. The minimum Gasteiger partial charge on any atom is -0.473 e. The number of amides is 1. The number of hydrogen-bond donors (Lipinski definition) is 4. The number of aliphatic hydroxyl groups excluding tert-OH is 1. The molecule has 0 bridgehead atoms. The van der Waals surface area contributed by atoms with Gasteiger partial charge in [-0.3, -0.25) is 4.79 Å². The van der Waals surface area contributed by atoms with E-state index in [1.54, 1.807) is 16.9 Å². The summed E-state index contributed by atoms with van der Waals surface area (Å²) < 4.78 is 7.61. The van der Waals surface area contributed by atoms with Crippen molar-refractivity contribution in [1.29, 1.82) is 0 Å². The van der Waals surface area contributed by atoms with Crippen LogP contribution in [0.2, 0.25) is 0 Å². The summed E-state index contributed by atoms with van der Waals surface area (Å²) in [5, 5.41) is 23.7. The van der Waals surface area contributed by atoms with Gasteiger partial charge in [-0.1, -0.05) is 0 Å². The zero-order valence-electron chi connectivity index (χ0n) is 17.3. The Labute approximate surface area is 179 Å². The number of fused-ring (bicyclic) bond motifs is 1. The molecule has 2 fully saturated rings. The van der Waals surface area contributed by atoms with E-state index in [9.17, 15) is 9.90 Å². The fourth-order valence-corrected chi connectivity index (χ4v) is 3.94. The molecular weight excluding hydrogens is 396 g/mol. The van der Waals surface area contributed by atoms with Gasteiger partial charge in [-0.2, -0.15) is 5.10 Å². The number of carbonyl (C=O) groups excluding carboxylic acids is 1. The maximum Gasteiger partial charge on any atom is 0.255 e. The Bertz CT molecular complexity index is 1110. The fourth-order valence-electron chi connectivity index (χ4n) is 3.94. The van der Waals surface area contributed by atoms with Gasteiger partial charge in [-0.05, 0) is 50.3 Å². The molecule has 4 N–H and O–H groups in total. The van der Waals surface area contributed by atoms with Gasteiger partial charge in [-0.25, -0.2) is 9.50 Å². The molecule has 31 heavy (non-hydrogen) atoms. The maximum atomic E-state index is 12.9. The molecule has 2 aliphatic carbocycles. The molecule has 2 aliphatic rings. The van der Waals surface area contributed by atoms with Gasteiger partial charge in [-0.15, -0.1) is 0 Å². The lowest BCUT2D eigenvalue weighted by molar-refractivity contribution is 0.0935. The van der Waals surface area contributed by atoms with E-state index in [4.69, 9.17) is 4.74 Å². The molecule has 0 spiro atoms. The molecule has 9 nitrogen and oxygen atoms in total. The van der Waals surface area contributed by atoms with Crippen LogP contribution in [0.15, 0.2) is 36.7 Å². The SMILES string of the molecule is CNc1cc(Nc2cccnc2OC2CC2)cc2c(C(=O)NC3CC[C@H](O)C3)cnn12. The van der Waals surface area contributed by atoms with E-state index in [2.05, 4.69) is 26.0 Å². The monoisotopic (exact) mass is 422 g/mol. The number of anilines is 3. The van der Waals surface area contributed by atoms with Crippen LogP contribution in [0.5, 0.6) is 5.88 Å². The summed E-state index contributed by atoms with van der Waals surface area (Å²) in [6.45, 7) is 0. The predicted molar refractivity (Wildman–Crippen MR) is 117 cm³/mol. The number of rotatable bonds is 7. The van der Waals surface area contributed by atoms with Crippen molar-refractivity contribution >= 4 is 28.6 Å². The lowest BCUT2D eigenvalue weighted by Gasteiger charge is -2.14. The summed E-state index contributed by atoms with van der Waals surface area (Å²) in [7, 11) is 1.81. The van der Waals surface area contributed by atoms with Crippen molar-refractivity contribution in [2.45, 2.75) is 50.4 Å². The van der Waals surface area contributed by atoms with Crippen LogP contribution in [0.4, 0.5) is 17.2 Å². The van der Waals surface area contributed by atoms with Crippen molar-refractivity contribution in [3.8, 4) is 5.88 Å². The van der Waals surface area contributed by atoms with E-state index in [0.29, 0.717) is 29.8 Å². The van der Waals surface area contributed by atoms with Gasteiger partial charge in [0.25, 0.3) is 5.91 Å². The first-order valence-electron chi connectivity index (χ1n) is 10.7. The van der Waals surface area contributed by atoms with Gasteiger partial charge in [0.15, 0.2) is 0 Å². The van der Waals surface area contributed by atoms with Crippen molar-refractivity contribution in [3.63, 3.8) is 0 Å². The summed E-state index contributed by atoms with van der Waals surface area (Å²) in [6.07, 6.45) is 7.38. The van der Waals surface area contributed by atoms with Crippen LogP contribution < -0.4 is 20.7 Å². The second-order valence-corrected chi connectivity index (χ2v) is 8.17. The summed E-state index contributed by atoms with van der Waals surface area (Å²) in [6, 6.07) is 7.57. The highest BCUT2D eigenvalue weighted by Crippen LogP contribution is 2.33. The van der Waals surface area contributed by atoms with Crippen LogP contribution in [0.25, 0.3) is 5.52 Å². The smallest absolute Gasteiger partial charge is 0.255 e. The van der Waals surface area contributed by atoms with E-state index in [-0.39, 0.29) is 24.2 Å². The summed E-state index contributed by atoms with van der Waals surface area (Å²) in [5.41, 5.74) is 2.73. The van der Waals surface area contributed by atoms with Crippen molar-refractivity contribution in [3.05, 3.63) is 42.2 Å². The molecule has 162 valence electrons. The number of hydrogen-bond acceptors (Lipinski definition) is 7. The van der Waals surface area contributed by atoms with Crippen molar-refractivity contribution in [2.24, 2.45) is 0 Å². The molecule has 1 unspecified atom stereocenters. The third-order valence-corrected chi connectivity index (χ3v) is 5.71. The predicted octanol–water partition coefficient (Wildman–Crippen LogP) is 2.70. The molecule has 9 heteroatoms. The first-order chi connectivity index (χ1) is 15.1. The average Bonchev–Trinajstić information content (AvgIpc) is 3.32. The second-order valence-electron chi connectivity index (χ2n) is 8.17. The van der Waals surface area contributed by atoms with Crippen LogP contribution >= 0.6 is 0 Å². The quantitative estimate of drug-likeness (QED) is 0.463. The largest absolute Gasteiger partial charge is 0.473 e. The number of nitrogens with zero attached hydrogens (tertiary/aromatic N) is 3. The molecule has 3 aromatic heterocycles. The Kier molecular flexibility index (Phi) is 5.11. The summed E-state index contributed by atoms with van der Waals surface area (Å²) >= 11 is 0. The number of ether oxygens (including phenoxy) is 1. The lowest BCUT2D eigenvalue weighted by atomic mass is 10.2. The first kappa shape index (κ1) is 19.6. The number of carbonyl (C=O) groups is 1. The number of aromatic nitrogens is 3. The summed E-state index contributed by atoms with van der Waals surface area (Å²) in [4.78, 5) is 17.3. The Morgan fingerprint density at radius 2 is 2.13 bits per heavy atom. The number of nitrogens with one attached hydrogen (secondary N) is 3. The topological polar surface area (TPSA) is 113 Å². The van der Waals surface area contributed by atoms with E-state index in [1.807, 2.05) is 31.3 Å². The minimum atomic E-state index is -0.340. The lowest BCUT2D eigenvalue weighted by Crippen LogP contribution is -2.33. The van der Waals surface area contributed by atoms with Crippen LogP contribution in [-0.4, -0.2) is 50.9 Å². The van der Waals surface area contributed by atoms with E-state index < -0.39 is 0 Å². The highest BCUT2D eigenvalue weighted by Gasteiger charge is 2.27. The van der Waals surface area contributed by atoms with Crippen LogP contribution in [0.1, 0.15) is 42.5 Å². The molecule has 0 aromatic carbocycles. The van der Waals surface area contributed by atoms with E-state index in [0.717, 1.165) is 36.5 Å². The molecule has 5 rings (SSSR count). The molecule has 0 aliphatic heterocycles. The second kappa shape index (κ2) is 8.07. The average molecular weight is 422 g/mol. The highest BCUT2D eigenvalue weighted by atomic mass is 16.5. The zero-order valence-corrected chi connectivity index (χ0v) is 17.3. The van der Waals surface area contributed by atoms with Gasteiger partial charge >= 0.3 is 0 Å². The Morgan fingerprint density at radius 3 is 2.87 bits per heavy atom. The first-order valence-corrected chi connectivity index (χ1v) is 10.7. The van der Waals surface area contributed by atoms with Gasteiger partial charge in [0.2, 0.25) is 5.88 Å². The van der Waals surface area contributed by atoms with Gasteiger partial charge in [0.1, 0.15) is 17.6 Å². The molecule has 2 atom stereocenters. The molecular formula is C22H26N6O3.